The molecule has 1 aromatic carbocycles. The number of ether oxygens (including phenoxy) is 2. The summed E-state index contributed by atoms with van der Waals surface area (Å²) in [6.45, 7) is 5.94. The minimum atomic E-state index is -0.273. The summed E-state index contributed by atoms with van der Waals surface area (Å²) in [6.07, 6.45) is 2.53. The van der Waals surface area contributed by atoms with Crippen LogP contribution in [0.3, 0.4) is 0 Å². The van der Waals surface area contributed by atoms with Crippen molar-refractivity contribution in [1.82, 2.24) is 0 Å². The Balaban J connectivity index is 2.22. The van der Waals surface area contributed by atoms with Crippen molar-refractivity contribution < 1.29 is 9.47 Å². The molecule has 1 aliphatic carbocycles. The van der Waals surface area contributed by atoms with Gasteiger partial charge in [0.2, 0.25) is 0 Å². The monoisotopic (exact) mass is 231 g/mol. The second-order valence-electron chi connectivity index (χ2n) is 5.34. The van der Waals surface area contributed by atoms with Gasteiger partial charge in [-0.1, -0.05) is 0 Å². The lowest BCUT2D eigenvalue weighted by atomic mass is 10.1. The summed E-state index contributed by atoms with van der Waals surface area (Å²) in [7, 11) is 0. The van der Waals surface area contributed by atoms with E-state index in [1.54, 1.807) is 12.1 Å². The van der Waals surface area contributed by atoms with Crippen LogP contribution in [0.4, 0.5) is 0 Å². The predicted molar refractivity (Wildman–Crippen MR) is 65.2 cm³/mol. The third kappa shape index (κ3) is 3.67. The predicted octanol–water partition coefficient (Wildman–Crippen LogP) is 3.28. The van der Waals surface area contributed by atoms with Gasteiger partial charge in [-0.05, 0) is 45.7 Å². The first-order chi connectivity index (χ1) is 7.96. The second kappa shape index (κ2) is 4.29. The summed E-state index contributed by atoms with van der Waals surface area (Å²) in [5.74, 6) is 1.41. The van der Waals surface area contributed by atoms with E-state index in [1.165, 1.54) is 0 Å². The lowest BCUT2D eigenvalue weighted by Gasteiger charge is -2.21. The Kier molecular flexibility index (Phi) is 2.97. The smallest absolute Gasteiger partial charge is 0.125 e. The number of hydrogen-bond donors (Lipinski definition) is 0. The molecule has 3 nitrogen and oxygen atoms in total. The van der Waals surface area contributed by atoms with E-state index in [4.69, 9.17) is 14.7 Å². The molecule has 1 aromatic rings. The minimum Gasteiger partial charge on any atom is -0.490 e. The van der Waals surface area contributed by atoms with Gasteiger partial charge in [0.25, 0.3) is 0 Å². The Labute approximate surface area is 102 Å². The van der Waals surface area contributed by atoms with Gasteiger partial charge in [-0.2, -0.15) is 5.26 Å². The van der Waals surface area contributed by atoms with Crippen LogP contribution >= 0.6 is 0 Å². The summed E-state index contributed by atoms with van der Waals surface area (Å²) < 4.78 is 11.4. The lowest BCUT2D eigenvalue weighted by Crippen LogP contribution is -2.23. The van der Waals surface area contributed by atoms with Gasteiger partial charge in [-0.25, -0.2) is 0 Å². The molecule has 0 aromatic heterocycles. The lowest BCUT2D eigenvalue weighted by molar-refractivity contribution is 0.130. The van der Waals surface area contributed by atoms with Crippen molar-refractivity contribution in [3.8, 4) is 17.6 Å². The fourth-order valence-corrected chi connectivity index (χ4v) is 1.50. The van der Waals surface area contributed by atoms with E-state index in [0.29, 0.717) is 17.4 Å². The van der Waals surface area contributed by atoms with E-state index in [-0.39, 0.29) is 5.60 Å². The maximum atomic E-state index is 8.97. The van der Waals surface area contributed by atoms with Crippen LogP contribution in [0.5, 0.6) is 11.5 Å². The van der Waals surface area contributed by atoms with Gasteiger partial charge in [0, 0.05) is 6.07 Å². The number of nitriles is 1. The first-order valence-electron chi connectivity index (χ1n) is 5.87. The Bertz CT molecular complexity index is 450. The van der Waals surface area contributed by atoms with Crippen LogP contribution in [-0.2, 0) is 0 Å². The molecular weight excluding hydrogens is 214 g/mol. The van der Waals surface area contributed by atoms with Gasteiger partial charge >= 0.3 is 0 Å². The highest BCUT2D eigenvalue weighted by Gasteiger charge is 2.24. The van der Waals surface area contributed by atoms with Gasteiger partial charge in [-0.3, -0.25) is 0 Å². The highest BCUT2D eigenvalue weighted by molar-refractivity contribution is 5.44. The molecule has 0 unspecified atom stereocenters. The highest BCUT2D eigenvalue weighted by Crippen LogP contribution is 2.31. The number of benzene rings is 1. The Morgan fingerprint density at radius 1 is 1.18 bits per heavy atom. The van der Waals surface area contributed by atoms with Crippen LogP contribution in [0.25, 0.3) is 0 Å². The third-order valence-electron chi connectivity index (χ3n) is 2.26. The van der Waals surface area contributed by atoms with Crippen LogP contribution in [0.2, 0.25) is 0 Å². The molecule has 0 heterocycles. The molecular formula is C14H17NO2. The van der Waals surface area contributed by atoms with Crippen molar-refractivity contribution in [1.29, 1.82) is 5.26 Å². The average molecular weight is 231 g/mol. The number of nitrogens with zero attached hydrogens (tertiary/aromatic N) is 1. The molecule has 0 saturated heterocycles. The van der Waals surface area contributed by atoms with Crippen molar-refractivity contribution in [2.24, 2.45) is 0 Å². The topological polar surface area (TPSA) is 42.2 Å². The van der Waals surface area contributed by atoms with Crippen molar-refractivity contribution in [3.05, 3.63) is 23.8 Å². The largest absolute Gasteiger partial charge is 0.490 e. The Morgan fingerprint density at radius 2 is 1.82 bits per heavy atom. The molecule has 0 atom stereocenters. The van der Waals surface area contributed by atoms with Gasteiger partial charge in [0.05, 0.1) is 17.7 Å². The maximum Gasteiger partial charge on any atom is 0.125 e. The van der Waals surface area contributed by atoms with Crippen molar-refractivity contribution in [2.75, 3.05) is 0 Å². The molecule has 0 amide bonds. The summed E-state index contributed by atoms with van der Waals surface area (Å²) >= 11 is 0. The van der Waals surface area contributed by atoms with E-state index >= 15 is 0 Å². The molecule has 3 heteroatoms. The quantitative estimate of drug-likeness (QED) is 0.801. The molecule has 0 spiro atoms. The fourth-order valence-electron chi connectivity index (χ4n) is 1.50. The fraction of sp³-hybridized carbons (Fsp3) is 0.500. The molecule has 0 radical (unpaired) electrons. The Hall–Kier alpha value is -1.69. The SMILES string of the molecule is CC(C)(C)Oc1cc(C#N)cc(OC2CC2)c1. The van der Waals surface area contributed by atoms with Crippen molar-refractivity contribution in [2.45, 2.75) is 45.3 Å². The summed E-state index contributed by atoms with van der Waals surface area (Å²) in [4.78, 5) is 0. The number of hydrogen-bond acceptors (Lipinski definition) is 3. The van der Waals surface area contributed by atoms with Crippen LogP contribution in [-0.4, -0.2) is 11.7 Å². The van der Waals surface area contributed by atoms with Crippen molar-refractivity contribution in [3.63, 3.8) is 0 Å². The minimum absolute atomic E-state index is 0.273. The van der Waals surface area contributed by atoms with Crippen molar-refractivity contribution >= 4 is 0 Å². The van der Waals surface area contributed by atoms with E-state index in [0.717, 1.165) is 18.6 Å². The van der Waals surface area contributed by atoms with Gasteiger partial charge in [0.15, 0.2) is 0 Å². The summed E-state index contributed by atoms with van der Waals surface area (Å²) in [5, 5.41) is 8.97. The zero-order valence-corrected chi connectivity index (χ0v) is 10.5. The molecule has 1 aliphatic rings. The molecule has 0 N–H and O–H groups in total. The van der Waals surface area contributed by atoms with E-state index in [9.17, 15) is 0 Å². The highest BCUT2D eigenvalue weighted by atomic mass is 16.5. The molecule has 1 saturated carbocycles. The summed E-state index contributed by atoms with van der Waals surface area (Å²) in [5.41, 5.74) is 0.299. The standard InChI is InChI=1S/C14H17NO2/c1-14(2,3)17-13-7-10(9-15)6-12(8-13)16-11-4-5-11/h6-8,11H,4-5H2,1-3H3. The van der Waals surface area contributed by atoms with Crippen LogP contribution in [0.15, 0.2) is 18.2 Å². The van der Waals surface area contributed by atoms with Gasteiger partial charge < -0.3 is 9.47 Å². The zero-order valence-electron chi connectivity index (χ0n) is 10.5. The first-order valence-corrected chi connectivity index (χ1v) is 5.87. The van der Waals surface area contributed by atoms with Crippen LogP contribution < -0.4 is 9.47 Å². The first kappa shape index (κ1) is 11.8. The molecule has 90 valence electrons. The van der Waals surface area contributed by atoms with Crippen LogP contribution in [0, 0.1) is 11.3 Å². The van der Waals surface area contributed by atoms with Crippen LogP contribution in [0.1, 0.15) is 39.2 Å². The summed E-state index contributed by atoms with van der Waals surface area (Å²) in [6, 6.07) is 7.48. The normalized spacial score (nSPS) is 15.2. The van der Waals surface area contributed by atoms with E-state index < -0.39 is 0 Å². The van der Waals surface area contributed by atoms with E-state index in [2.05, 4.69) is 6.07 Å². The maximum absolute atomic E-state index is 8.97. The van der Waals surface area contributed by atoms with Gasteiger partial charge in [-0.15, -0.1) is 0 Å². The molecule has 0 aliphatic heterocycles. The molecule has 2 rings (SSSR count). The molecule has 0 bridgehead atoms. The third-order valence-corrected chi connectivity index (χ3v) is 2.26. The van der Waals surface area contributed by atoms with E-state index in [1.807, 2.05) is 26.8 Å². The molecule has 17 heavy (non-hydrogen) atoms. The van der Waals surface area contributed by atoms with Gasteiger partial charge in [0.1, 0.15) is 17.1 Å². The zero-order chi connectivity index (χ0) is 12.5. The Morgan fingerprint density at radius 3 is 2.35 bits per heavy atom. The second-order valence-corrected chi connectivity index (χ2v) is 5.34. The molecule has 1 fully saturated rings. The average Bonchev–Trinajstić information content (AvgIpc) is 2.98. The number of rotatable bonds is 3.